The fraction of sp³-hybridized carbons (Fsp3) is 0.483. The van der Waals surface area contributed by atoms with Crippen LogP contribution in [0.4, 0.5) is 10.5 Å². The molecule has 3 amide bonds. The van der Waals surface area contributed by atoms with Crippen molar-refractivity contribution < 1.29 is 19.4 Å². The van der Waals surface area contributed by atoms with Crippen LogP contribution >= 0.6 is 0 Å². The van der Waals surface area contributed by atoms with E-state index in [-0.39, 0.29) is 36.4 Å². The average Bonchev–Trinajstić information content (AvgIpc) is 3.43. The van der Waals surface area contributed by atoms with E-state index < -0.39 is 6.10 Å². The molecule has 4 rings (SSSR count). The van der Waals surface area contributed by atoms with Gasteiger partial charge in [0.05, 0.1) is 19.2 Å². The van der Waals surface area contributed by atoms with Crippen molar-refractivity contribution >= 4 is 17.6 Å². The summed E-state index contributed by atoms with van der Waals surface area (Å²) >= 11 is 0. The van der Waals surface area contributed by atoms with E-state index in [4.69, 9.17) is 4.74 Å². The maximum atomic E-state index is 13.6. The zero-order valence-corrected chi connectivity index (χ0v) is 21.8. The Bertz CT molecular complexity index is 1150. The minimum atomic E-state index is -0.422. The van der Waals surface area contributed by atoms with Crippen molar-refractivity contribution in [3.63, 3.8) is 0 Å². The summed E-state index contributed by atoms with van der Waals surface area (Å²) in [6.45, 7) is 4.30. The van der Waals surface area contributed by atoms with E-state index in [9.17, 15) is 14.7 Å². The normalized spacial score (nSPS) is 20.5. The van der Waals surface area contributed by atoms with Gasteiger partial charge in [0.25, 0.3) is 5.91 Å². The first-order valence-corrected chi connectivity index (χ1v) is 13.0. The summed E-state index contributed by atoms with van der Waals surface area (Å²) in [6, 6.07) is 10.4. The van der Waals surface area contributed by atoms with Crippen molar-refractivity contribution in [2.45, 2.75) is 51.7 Å². The summed E-state index contributed by atoms with van der Waals surface area (Å²) in [4.78, 5) is 34.1. The quantitative estimate of drug-likeness (QED) is 0.600. The highest BCUT2D eigenvalue weighted by Gasteiger charge is 2.34. The van der Waals surface area contributed by atoms with E-state index >= 15 is 0 Å². The molecule has 2 aromatic rings. The van der Waals surface area contributed by atoms with E-state index in [1.807, 2.05) is 44.2 Å². The number of ether oxygens (including phenoxy) is 1. The second-order valence-corrected chi connectivity index (χ2v) is 10.1. The standard InChI is InChI=1S/C29H36N4O4/c1-20-17-33(21(2)19-34)28(35)25-15-23(14-13-22-9-7-8-10-22)16-30-27(25)37-26(20)18-32(3)29(36)31-24-11-5-4-6-12-24/h4-6,11-12,15-16,20-22,26,34H,7-10,17-19H2,1-3H3,(H,31,36)/t20-,21-,26-/m1/s1. The molecule has 196 valence electrons. The van der Waals surface area contributed by atoms with Crippen LogP contribution in [0.5, 0.6) is 5.88 Å². The first kappa shape index (κ1) is 26.5. The molecular formula is C29H36N4O4. The van der Waals surface area contributed by atoms with Gasteiger partial charge in [0.2, 0.25) is 5.88 Å². The number of anilines is 1. The predicted molar refractivity (Wildman–Crippen MR) is 142 cm³/mol. The molecule has 8 heteroatoms. The number of benzene rings is 1. The number of rotatable bonds is 5. The molecule has 37 heavy (non-hydrogen) atoms. The Kier molecular flexibility index (Phi) is 8.67. The van der Waals surface area contributed by atoms with Crippen LogP contribution in [-0.4, -0.2) is 70.7 Å². The predicted octanol–water partition coefficient (Wildman–Crippen LogP) is 4.01. The van der Waals surface area contributed by atoms with Crippen LogP contribution in [0, 0.1) is 23.7 Å². The van der Waals surface area contributed by atoms with Crippen LogP contribution in [0.3, 0.4) is 0 Å². The number of aromatic nitrogens is 1. The maximum absolute atomic E-state index is 13.6. The lowest BCUT2D eigenvalue weighted by atomic mass is 10.00. The number of carbonyl (C=O) groups is 2. The van der Waals surface area contributed by atoms with Gasteiger partial charge in [-0.15, -0.1) is 0 Å². The van der Waals surface area contributed by atoms with Gasteiger partial charge in [-0.1, -0.05) is 49.8 Å². The molecule has 1 aromatic heterocycles. The highest BCUT2D eigenvalue weighted by atomic mass is 16.5. The summed E-state index contributed by atoms with van der Waals surface area (Å²) in [6.07, 6.45) is 5.86. The third-order valence-corrected chi connectivity index (χ3v) is 7.12. The molecule has 0 spiro atoms. The number of hydrogen-bond donors (Lipinski definition) is 2. The third kappa shape index (κ3) is 6.60. The Morgan fingerprint density at radius 1 is 1.30 bits per heavy atom. The number of para-hydroxylation sites is 1. The molecule has 0 unspecified atom stereocenters. The van der Waals surface area contributed by atoms with Crippen molar-refractivity contribution in [3.8, 4) is 17.7 Å². The van der Waals surface area contributed by atoms with Gasteiger partial charge in [-0.3, -0.25) is 4.79 Å². The number of aliphatic hydroxyl groups excluding tert-OH is 1. The topological polar surface area (TPSA) is 95.0 Å². The molecule has 2 aliphatic rings. The largest absolute Gasteiger partial charge is 0.472 e. The SMILES string of the molecule is C[C@@H]1CN([C@H](C)CO)C(=O)c2cc(C#CC3CCCC3)cnc2O[C@@H]1CN(C)C(=O)Nc1ccccc1. The fourth-order valence-corrected chi connectivity index (χ4v) is 4.74. The minimum absolute atomic E-state index is 0.123. The Morgan fingerprint density at radius 3 is 2.73 bits per heavy atom. The lowest BCUT2D eigenvalue weighted by Gasteiger charge is -2.37. The van der Waals surface area contributed by atoms with Crippen molar-refractivity contribution in [2.75, 3.05) is 32.1 Å². The monoisotopic (exact) mass is 504 g/mol. The first-order chi connectivity index (χ1) is 17.9. The van der Waals surface area contributed by atoms with Crippen molar-refractivity contribution in [1.82, 2.24) is 14.8 Å². The molecule has 2 heterocycles. The Balaban J connectivity index is 1.58. The number of nitrogens with zero attached hydrogens (tertiary/aromatic N) is 3. The van der Waals surface area contributed by atoms with Crippen LogP contribution in [0.25, 0.3) is 0 Å². The summed E-state index contributed by atoms with van der Waals surface area (Å²) in [5, 5.41) is 12.7. The van der Waals surface area contributed by atoms with Crippen molar-refractivity contribution in [1.29, 1.82) is 0 Å². The fourth-order valence-electron chi connectivity index (χ4n) is 4.74. The summed E-state index contributed by atoms with van der Waals surface area (Å²) < 4.78 is 6.29. The first-order valence-electron chi connectivity index (χ1n) is 13.0. The maximum Gasteiger partial charge on any atom is 0.321 e. The van der Waals surface area contributed by atoms with Crippen LogP contribution in [-0.2, 0) is 0 Å². The molecule has 0 saturated heterocycles. The Hall–Kier alpha value is -3.57. The van der Waals surface area contributed by atoms with Gasteiger partial charge >= 0.3 is 6.03 Å². The highest BCUT2D eigenvalue weighted by molar-refractivity contribution is 5.97. The zero-order valence-electron chi connectivity index (χ0n) is 21.8. The number of carbonyl (C=O) groups excluding carboxylic acids is 2. The summed E-state index contributed by atoms with van der Waals surface area (Å²) in [7, 11) is 1.71. The molecule has 0 bridgehead atoms. The number of hydrogen-bond acceptors (Lipinski definition) is 5. The number of likely N-dealkylation sites (N-methyl/N-ethyl adjacent to an activating group) is 1. The molecule has 1 aliphatic carbocycles. The van der Waals surface area contributed by atoms with Gasteiger partial charge in [-0.25, -0.2) is 9.78 Å². The zero-order chi connectivity index (χ0) is 26.4. The second-order valence-electron chi connectivity index (χ2n) is 10.1. The van der Waals surface area contributed by atoms with E-state index in [0.29, 0.717) is 35.8 Å². The molecule has 1 aromatic carbocycles. The van der Waals surface area contributed by atoms with Gasteiger partial charge in [0, 0.05) is 42.9 Å². The molecule has 1 saturated carbocycles. The number of amides is 3. The Morgan fingerprint density at radius 2 is 2.03 bits per heavy atom. The number of fused-ring (bicyclic) bond motifs is 1. The van der Waals surface area contributed by atoms with E-state index in [2.05, 4.69) is 22.1 Å². The average molecular weight is 505 g/mol. The molecule has 1 aliphatic heterocycles. The van der Waals surface area contributed by atoms with Crippen LogP contribution in [0.1, 0.15) is 55.5 Å². The molecule has 8 nitrogen and oxygen atoms in total. The minimum Gasteiger partial charge on any atom is -0.472 e. The number of pyridine rings is 1. The van der Waals surface area contributed by atoms with E-state index in [1.54, 1.807) is 29.1 Å². The molecule has 2 N–H and O–H groups in total. The second kappa shape index (κ2) is 12.1. The molecule has 1 fully saturated rings. The summed E-state index contributed by atoms with van der Waals surface area (Å²) in [5.41, 5.74) is 1.70. The molecule has 0 radical (unpaired) electrons. The van der Waals surface area contributed by atoms with Crippen LogP contribution < -0.4 is 10.1 Å². The van der Waals surface area contributed by atoms with Crippen molar-refractivity contribution in [3.05, 3.63) is 53.7 Å². The smallest absolute Gasteiger partial charge is 0.321 e. The van der Waals surface area contributed by atoms with Gasteiger partial charge in [-0.2, -0.15) is 0 Å². The van der Waals surface area contributed by atoms with Crippen LogP contribution in [0.2, 0.25) is 0 Å². The molecule has 3 atom stereocenters. The number of nitrogens with one attached hydrogen (secondary N) is 1. The number of urea groups is 1. The number of aliphatic hydroxyl groups is 1. The van der Waals surface area contributed by atoms with Gasteiger partial charge in [-0.05, 0) is 38.0 Å². The van der Waals surface area contributed by atoms with Gasteiger partial charge in [0.1, 0.15) is 11.7 Å². The lowest BCUT2D eigenvalue weighted by molar-refractivity contribution is 0.0356. The van der Waals surface area contributed by atoms with Gasteiger partial charge in [0.15, 0.2) is 0 Å². The summed E-state index contributed by atoms with van der Waals surface area (Å²) in [5.74, 6) is 6.76. The Labute approximate surface area is 219 Å². The van der Waals surface area contributed by atoms with Crippen molar-refractivity contribution in [2.24, 2.45) is 11.8 Å². The lowest BCUT2D eigenvalue weighted by Crippen LogP contribution is -2.50. The highest BCUT2D eigenvalue weighted by Crippen LogP contribution is 2.28. The van der Waals surface area contributed by atoms with E-state index in [1.165, 1.54) is 12.8 Å². The van der Waals surface area contributed by atoms with Crippen LogP contribution in [0.15, 0.2) is 42.6 Å². The third-order valence-electron chi connectivity index (χ3n) is 7.12. The van der Waals surface area contributed by atoms with E-state index in [0.717, 1.165) is 12.8 Å². The van der Waals surface area contributed by atoms with Gasteiger partial charge < -0.3 is 25.0 Å². The molecular weight excluding hydrogens is 468 g/mol.